The van der Waals surface area contributed by atoms with Crippen LogP contribution in [0.3, 0.4) is 0 Å². The van der Waals surface area contributed by atoms with Crippen LogP contribution >= 0.6 is 11.6 Å². The smallest absolute Gasteiger partial charge is 0.416 e. The van der Waals surface area contributed by atoms with Crippen LogP contribution in [0.1, 0.15) is 35.7 Å². The van der Waals surface area contributed by atoms with Crippen molar-refractivity contribution < 1.29 is 17.9 Å². The van der Waals surface area contributed by atoms with E-state index in [-0.39, 0.29) is 39.9 Å². The molecule has 38 heavy (non-hydrogen) atoms. The van der Waals surface area contributed by atoms with Gasteiger partial charge in [0.2, 0.25) is 5.95 Å². The molecule has 3 aromatic heterocycles. The number of ether oxygens (including phenoxy) is 1. The molecule has 198 valence electrons. The van der Waals surface area contributed by atoms with Crippen LogP contribution in [0.15, 0.2) is 49.2 Å². The lowest BCUT2D eigenvalue weighted by molar-refractivity contribution is -0.137. The van der Waals surface area contributed by atoms with E-state index in [1.165, 1.54) is 37.1 Å². The Hall–Kier alpha value is -3.90. The number of pyridine rings is 1. The molecular formula is C25H24ClF3N8O. The molecule has 0 bridgehead atoms. The van der Waals surface area contributed by atoms with Gasteiger partial charge < -0.3 is 20.4 Å². The quantitative estimate of drug-likeness (QED) is 0.316. The lowest BCUT2D eigenvalue weighted by Crippen LogP contribution is -2.18. The summed E-state index contributed by atoms with van der Waals surface area (Å²) in [7, 11) is 3.59. The second-order valence-electron chi connectivity index (χ2n) is 8.93. The molecule has 0 spiro atoms. The second kappa shape index (κ2) is 10.1. The van der Waals surface area contributed by atoms with Gasteiger partial charge in [-0.3, -0.25) is 9.88 Å². The molecule has 0 aliphatic carbocycles. The molecule has 1 aliphatic heterocycles. The molecule has 13 heteroatoms. The summed E-state index contributed by atoms with van der Waals surface area (Å²) < 4.78 is 48.7. The molecule has 9 nitrogen and oxygen atoms in total. The van der Waals surface area contributed by atoms with Crippen LogP contribution in [0.4, 0.5) is 24.8 Å². The monoisotopic (exact) mass is 544 g/mol. The van der Waals surface area contributed by atoms with Crippen LogP contribution in [0.25, 0.3) is 16.9 Å². The van der Waals surface area contributed by atoms with E-state index in [4.69, 9.17) is 22.1 Å². The number of hydrogen-bond acceptors (Lipinski definition) is 8. The molecule has 1 atom stereocenters. The van der Waals surface area contributed by atoms with Crippen LogP contribution < -0.4 is 15.8 Å². The Bertz CT molecular complexity index is 1510. The Balaban J connectivity index is 1.50. The van der Waals surface area contributed by atoms with E-state index in [0.717, 1.165) is 25.5 Å². The summed E-state index contributed by atoms with van der Waals surface area (Å²) in [5.41, 5.74) is 6.94. The van der Waals surface area contributed by atoms with Crippen molar-refractivity contribution in [2.45, 2.75) is 25.1 Å². The highest BCUT2D eigenvalue weighted by Crippen LogP contribution is 2.39. The van der Waals surface area contributed by atoms with Crippen LogP contribution in [-0.2, 0) is 13.2 Å². The topological polar surface area (TPSA) is 107 Å². The summed E-state index contributed by atoms with van der Waals surface area (Å²) in [6.45, 7) is 0.834. The Kier molecular flexibility index (Phi) is 6.84. The van der Waals surface area contributed by atoms with Crippen molar-refractivity contribution in [1.82, 2.24) is 29.4 Å². The SMILES string of the molecule is CN1CCC[C@H]1c1cc(Nc2nc3ncc(OC(=CN)c4cnccn4)c(Cl)c3n2C)cc(C(F)(F)F)c1. The number of rotatable bonds is 6. The predicted octanol–water partition coefficient (Wildman–Crippen LogP) is 5.28. The first-order chi connectivity index (χ1) is 18.2. The van der Waals surface area contributed by atoms with Gasteiger partial charge in [0.25, 0.3) is 0 Å². The maximum atomic E-state index is 13.7. The molecule has 1 saturated heterocycles. The summed E-state index contributed by atoms with van der Waals surface area (Å²) in [6, 6.07) is 3.92. The molecule has 1 aromatic carbocycles. The van der Waals surface area contributed by atoms with Crippen molar-refractivity contribution in [2.75, 3.05) is 18.9 Å². The van der Waals surface area contributed by atoms with Crippen LogP contribution in [0.2, 0.25) is 5.02 Å². The highest BCUT2D eigenvalue weighted by molar-refractivity contribution is 6.36. The number of benzene rings is 1. The van der Waals surface area contributed by atoms with Crippen molar-refractivity contribution in [1.29, 1.82) is 0 Å². The fraction of sp³-hybridized carbons (Fsp3) is 0.280. The lowest BCUT2D eigenvalue weighted by atomic mass is 10.0. The minimum absolute atomic E-state index is 0.0896. The van der Waals surface area contributed by atoms with Gasteiger partial charge in [-0.2, -0.15) is 18.2 Å². The highest BCUT2D eigenvalue weighted by Gasteiger charge is 2.33. The zero-order valence-electron chi connectivity index (χ0n) is 20.5. The minimum atomic E-state index is -4.50. The Morgan fingerprint density at radius 3 is 2.66 bits per heavy atom. The first-order valence-corrected chi connectivity index (χ1v) is 12.1. The molecule has 0 amide bonds. The third-order valence-electron chi connectivity index (χ3n) is 6.44. The summed E-state index contributed by atoms with van der Waals surface area (Å²) in [5, 5.41) is 3.21. The number of aryl methyl sites for hydroxylation is 1. The number of anilines is 2. The van der Waals surface area contributed by atoms with Crippen molar-refractivity contribution in [3.63, 3.8) is 0 Å². The molecular weight excluding hydrogens is 521 g/mol. The van der Waals surface area contributed by atoms with E-state index in [1.54, 1.807) is 17.7 Å². The number of nitrogens with zero attached hydrogens (tertiary/aromatic N) is 6. The van der Waals surface area contributed by atoms with Gasteiger partial charge in [0.15, 0.2) is 17.2 Å². The maximum Gasteiger partial charge on any atom is 0.416 e. The van der Waals surface area contributed by atoms with Crippen molar-refractivity contribution in [3.05, 3.63) is 71.0 Å². The molecule has 0 saturated carbocycles. The van der Waals surface area contributed by atoms with E-state index in [9.17, 15) is 13.2 Å². The molecule has 0 unspecified atom stereocenters. The second-order valence-corrected chi connectivity index (χ2v) is 9.31. The first kappa shape index (κ1) is 25.7. The minimum Gasteiger partial charge on any atom is -0.450 e. The van der Waals surface area contributed by atoms with Crippen molar-refractivity contribution in [3.8, 4) is 5.75 Å². The Morgan fingerprint density at radius 1 is 1.18 bits per heavy atom. The average molecular weight is 545 g/mol. The summed E-state index contributed by atoms with van der Waals surface area (Å²) >= 11 is 6.65. The van der Waals surface area contributed by atoms with E-state index < -0.39 is 11.7 Å². The fourth-order valence-electron chi connectivity index (χ4n) is 4.55. The van der Waals surface area contributed by atoms with Crippen LogP contribution in [0.5, 0.6) is 5.75 Å². The van der Waals surface area contributed by atoms with Gasteiger partial charge in [-0.05, 0) is 50.2 Å². The van der Waals surface area contributed by atoms with Gasteiger partial charge in [-0.15, -0.1) is 0 Å². The number of alkyl halides is 3. The largest absolute Gasteiger partial charge is 0.450 e. The molecule has 5 rings (SSSR count). The maximum absolute atomic E-state index is 13.7. The van der Waals surface area contributed by atoms with Crippen LogP contribution in [-0.4, -0.2) is 43.0 Å². The highest BCUT2D eigenvalue weighted by atomic mass is 35.5. The fourth-order valence-corrected chi connectivity index (χ4v) is 4.85. The van der Waals surface area contributed by atoms with Gasteiger partial charge >= 0.3 is 6.18 Å². The zero-order valence-corrected chi connectivity index (χ0v) is 21.3. The summed E-state index contributed by atoms with van der Waals surface area (Å²) in [4.78, 5) is 19.0. The zero-order chi connectivity index (χ0) is 27.0. The van der Waals surface area contributed by atoms with Gasteiger partial charge in [0, 0.05) is 37.4 Å². The van der Waals surface area contributed by atoms with Crippen molar-refractivity contribution >= 4 is 40.2 Å². The van der Waals surface area contributed by atoms with E-state index in [1.807, 2.05) is 7.05 Å². The number of hydrogen-bond donors (Lipinski definition) is 2. The Labute approximate surface area is 221 Å². The van der Waals surface area contributed by atoms with Crippen molar-refractivity contribution in [2.24, 2.45) is 12.8 Å². The number of fused-ring (bicyclic) bond motifs is 1. The molecule has 3 N–H and O–H groups in total. The summed E-state index contributed by atoms with van der Waals surface area (Å²) in [6.07, 6.45) is 4.34. The predicted molar refractivity (Wildman–Crippen MR) is 138 cm³/mol. The van der Waals surface area contributed by atoms with Gasteiger partial charge in [0.05, 0.1) is 18.0 Å². The van der Waals surface area contributed by atoms with E-state index >= 15 is 0 Å². The molecule has 1 fully saturated rings. The number of halogens is 4. The number of aromatic nitrogens is 5. The molecule has 4 aromatic rings. The third kappa shape index (κ3) is 4.96. The standard InChI is InChI=1S/C25H24ClF3N8O/c1-36-7-3-4-18(36)14-8-15(25(27,28)29)10-16(9-14)34-24-35-23-22(37(24)2)21(26)20(13-33-23)38-19(11-30)17-12-31-5-6-32-17/h5-6,8-13,18H,3-4,7,30H2,1-2H3,(H,33,34,35)/t18-/m0/s1. The lowest BCUT2D eigenvalue weighted by Gasteiger charge is -2.22. The van der Waals surface area contributed by atoms with E-state index in [2.05, 4.69) is 30.2 Å². The molecule has 0 radical (unpaired) electrons. The van der Waals surface area contributed by atoms with Gasteiger partial charge in [0.1, 0.15) is 16.2 Å². The normalized spacial score (nSPS) is 16.8. The van der Waals surface area contributed by atoms with Gasteiger partial charge in [-0.1, -0.05) is 11.6 Å². The number of nitrogens with one attached hydrogen (secondary N) is 1. The third-order valence-corrected chi connectivity index (χ3v) is 6.80. The Morgan fingerprint density at radius 2 is 2.00 bits per heavy atom. The summed E-state index contributed by atoms with van der Waals surface area (Å²) in [5.74, 6) is 0.678. The van der Waals surface area contributed by atoms with E-state index in [0.29, 0.717) is 16.8 Å². The molecule has 1 aliphatic rings. The number of likely N-dealkylation sites (tertiary alicyclic amines) is 1. The first-order valence-electron chi connectivity index (χ1n) is 11.7. The average Bonchev–Trinajstić information content (AvgIpc) is 3.46. The molecule has 4 heterocycles. The van der Waals surface area contributed by atoms with Gasteiger partial charge in [-0.25, -0.2) is 9.97 Å². The number of imidazole rings is 1. The van der Waals surface area contributed by atoms with Crippen LogP contribution in [0, 0.1) is 0 Å². The number of nitrogens with two attached hydrogens (primary N) is 1.